The van der Waals surface area contributed by atoms with Gasteiger partial charge in [0.15, 0.2) is 0 Å². The Morgan fingerprint density at radius 2 is 2.14 bits per heavy atom. The maximum atomic E-state index is 14.1. The lowest BCUT2D eigenvalue weighted by molar-refractivity contribution is -0.122. The van der Waals surface area contributed by atoms with Gasteiger partial charge in [-0.05, 0) is 31.5 Å². The lowest BCUT2D eigenvalue weighted by atomic mass is 10.2. The van der Waals surface area contributed by atoms with Crippen LogP contribution in [0.2, 0.25) is 0 Å². The third-order valence-electron chi connectivity index (χ3n) is 2.98. The molecule has 0 aliphatic rings. The molecule has 122 valence electrons. The highest BCUT2D eigenvalue weighted by Gasteiger charge is 2.10. The number of hydrogen-bond donors (Lipinski definition) is 2. The molecule has 2 rings (SSSR count). The first-order valence-electron chi connectivity index (χ1n) is 6.31. The zero-order valence-electron chi connectivity index (χ0n) is 12.2. The highest BCUT2D eigenvalue weighted by Crippen LogP contribution is 2.16. The molecular weight excluding hydrogens is 330 g/mol. The highest BCUT2D eigenvalue weighted by atomic mass is 35.5. The van der Waals surface area contributed by atoms with Crippen molar-refractivity contribution in [2.45, 2.75) is 26.4 Å². The predicted octanol–water partition coefficient (Wildman–Crippen LogP) is 2.13. The molecule has 1 aromatic heterocycles. The number of aryl methyl sites for hydroxylation is 1. The molecule has 0 spiro atoms. The summed E-state index contributed by atoms with van der Waals surface area (Å²) in [4.78, 5) is 15.4. The van der Waals surface area contributed by atoms with Gasteiger partial charge in [-0.2, -0.15) is 0 Å². The Labute approximate surface area is 140 Å². The standard InChI is InChI=1S/C14H17FN4O.2ClH/c1-9(16)14(20)18-8-11-3-4-13(12(15)7-11)19-6-5-17-10(19)2;;/h3-7,9H,8,16H2,1-2H3,(H,18,20);2*1H/t9-;;/m1../s1. The lowest BCUT2D eigenvalue weighted by Crippen LogP contribution is -2.37. The molecule has 1 heterocycles. The number of amides is 1. The minimum absolute atomic E-state index is 0. The Hall–Kier alpha value is -1.63. The summed E-state index contributed by atoms with van der Waals surface area (Å²) in [6.07, 6.45) is 3.32. The number of hydrogen-bond acceptors (Lipinski definition) is 3. The van der Waals surface area contributed by atoms with Crippen molar-refractivity contribution in [3.05, 3.63) is 47.8 Å². The van der Waals surface area contributed by atoms with Gasteiger partial charge in [-0.1, -0.05) is 6.07 Å². The molecule has 0 radical (unpaired) electrons. The number of carbonyl (C=O) groups is 1. The molecule has 0 aliphatic heterocycles. The van der Waals surface area contributed by atoms with E-state index in [0.717, 1.165) is 0 Å². The highest BCUT2D eigenvalue weighted by molar-refractivity contribution is 5.85. The Kier molecular flexibility index (Phi) is 8.08. The Morgan fingerprint density at radius 1 is 1.45 bits per heavy atom. The monoisotopic (exact) mass is 348 g/mol. The fourth-order valence-electron chi connectivity index (χ4n) is 1.84. The van der Waals surface area contributed by atoms with Crippen molar-refractivity contribution in [2.75, 3.05) is 0 Å². The van der Waals surface area contributed by atoms with Gasteiger partial charge in [-0.3, -0.25) is 4.79 Å². The third kappa shape index (κ3) is 4.69. The molecule has 3 N–H and O–H groups in total. The Morgan fingerprint density at radius 3 is 2.64 bits per heavy atom. The number of rotatable bonds is 4. The van der Waals surface area contributed by atoms with Gasteiger partial charge in [0.25, 0.3) is 0 Å². The molecule has 1 amide bonds. The van der Waals surface area contributed by atoms with Crippen LogP contribution < -0.4 is 11.1 Å². The van der Waals surface area contributed by atoms with Crippen LogP contribution in [-0.4, -0.2) is 21.5 Å². The van der Waals surface area contributed by atoms with Crippen LogP contribution in [-0.2, 0) is 11.3 Å². The molecule has 0 saturated carbocycles. The van der Waals surface area contributed by atoms with Gasteiger partial charge < -0.3 is 15.6 Å². The third-order valence-corrected chi connectivity index (χ3v) is 2.98. The molecule has 8 heteroatoms. The molecule has 0 saturated heterocycles. The van der Waals surface area contributed by atoms with Gasteiger partial charge in [-0.15, -0.1) is 24.8 Å². The van der Waals surface area contributed by atoms with Crippen LogP contribution in [0.1, 0.15) is 18.3 Å². The number of nitrogens with two attached hydrogens (primary N) is 1. The predicted molar refractivity (Wildman–Crippen MR) is 88.3 cm³/mol. The molecule has 5 nitrogen and oxygen atoms in total. The van der Waals surface area contributed by atoms with E-state index in [1.807, 2.05) is 0 Å². The van der Waals surface area contributed by atoms with Gasteiger partial charge in [-0.25, -0.2) is 9.37 Å². The zero-order chi connectivity index (χ0) is 14.7. The number of aromatic nitrogens is 2. The van der Waals surface area contributed by atoms with Crippen LogP contribution in [0, 0.1) is 12.7 Å². The summed E-state index contributed by atoms with van der Waals surface area (Å²) in [6, 6.07) is 4.25. The van der Waals surface area contributed by atoms with Crippen LogP contribution in [0.3, 0.4) is 0 Å². The van der Waals surface area contributed by atoms with Crippen LogP contribution in [0.25, 0.3) is 5.69 Å². The minimum atomic E-state index is -0.576. The topological polar surface area (TPSA) is 72.9 Å². The smallest absolute Gasteiger partial charge is 0.236 e. The molecule has 22 heavy (non-hydrogen) atoms. The minimum Gasteiger partial charge on any atom is -0.351 e. The number of nitrogens with zero attached hydrogens (tertiary/aromatic N) is 2. The van der Waals surface area contributed by atoms with Gasteiger partial charge in [0, 0.05) is 18.9 Å². The number of imidazole rings is 1. The quantitative estimate of drug-likeness (QED) is 0.888. The Bertz CT molecular complexity index is 631. The summed E-state index contributed by atoms with van der Waals surface area (Å²) in [5, 5.41) is 2.64. The van der Waals surface area contributed by atoms with E-state index in [9.17, 15) is 9.18 Å². The molecule has 1 aromatic carbocycles. The fourth-order valence-corrected chi connectivity index (χ4v) is 1.84. The van der Waals surface area contributed by atoms with Gasteiger partial charge in [0.2, 0.25) is 5.91 Å². The number of nitrogens with one attached hydrogen (secondary N) is 1. The summed E-state index contributed by atoms with van der Waals surface area (Å²) in [5.74, 6) is 0.0838. The van der Waals surface area contributed by atoms with E-state index in [1.165, 1.54) is 6.07 Å². The van der Waals surface area contributed by atoms with Crippen molar-refractivity contribution in [1.82, 2.24) is 14.9 Å². The van der Waals surface area contributed by atoms with E-state index in [4.69, 9.17) is 5.73 Å². The normalized spacial score (nSPS) is 11.1. The van der Waals surface area contributed by atoms with Gasteiger partial charge in [0.1, 0.15) is 11.6 Å². The molecule has 0 unspecified atom stereocenters. The van der Waals surface area contributed by atoms with Crippen molar-refractivity contribution in [1.29, 1.82) is 0 Å². The second kappa shape index (κ2) is 8.73. The van der Waals surface area contributed by atoms with Gasteiger partial charge in [0.05, 0.1) is 11.7 Å². The molecular formula is C14H19Cl2FN4O. The summed E-state index contributed by atoms with van der Waals surface area (Å²) in [5.41, 5.74) is 6.55. The summed E-state index contributed by atoms with van der Waals surface area (Å²) >= 11 is 0. The van der Waals surface area contributed by atoms with E-state index in [1.54, 1.807) is 42.9 Å². The SMILES string of the molecule is Cc1nccn1-c1ccc(CNC(=O)[C@@H](C)N)cc1F.Cl.Cl. The number of carbonyl (C=O) groups excluding carboxylic acids is 1. The van der Waals surface area contributed by atoms with Gasteiger partial charge >= 0.3 is 0 Å². The van der Waals surface area contributed by atoms with E-state index in [2.05, 4.69) is 10.3 Å². The molecule has 0 aliphatic carbocycles. The second-order valence-corrected chi connectivity index (χ2v) is 4.64. The van der Waals surface area contributed by atoms with Crippen LogP contribution in [0.15, 0.2) is 30.6 Å². The second-order valence-electron chi connectivity index (χ2n) is 4.64. The summed E-state index contributed by atoms with van der Waals surface area (Å²) in [6.45, 7) is 3.65. The largest absolute Gasteiger partial charge is 0.351 e. The van der Waals surface area contributed by atoms with Crippen molar-refractivity contribution in [3.8, 4) is 5.69 Å². The zero-order valence-corrected chi connectivity index (χ0v) is 13.9. The first-order valence-corrected chi connectivity index (χ1v) is 6.31. The first kappa shape index (κ1) is 20.4. The van der Waals surface area contributed by atoms with Crippen molar-refractivity contribution in [2.24, 2.45) is 5.73 Å². The van der Waals surface area contributed by atoms with E-state index < -0.39 is 6.04 Å². The Balaban J connectivity index is 0.00000220. The molecule has 2 aromatic rings. The van der Waals surface area contributed by atoms with Crippen molar-refractivity contribution in [3.63, 3.8) is 0 Å². The van der Waals surface area contributed by atoms with Crippen molar-refractivity contribution >= 4 is 30.7 Å². The lowest BCUT2D eigenvalue weighted by Gasteiger charge is -2.10. The summed E-state index contributed by atoms with van der Waals surface area (Å²) < 4.78 is 15.8. The average Bonchev–Trinajstić information content (AvgIpc) is 2.82. The molecule has 0 bridgehead atoms. The fraction of sp³-hybridized carbons (Fsp3) is 0.286. The molecule has 0 fully saturated rings. The maximum absolute atomic E-state index is 14.1. The van der Waals surface area contributed by atoms with Crippen LogP contribution in [0.4, 0.5) is 4.39 Å². The average molecular weight is 349 g/mol. The van der Waals surface area contributed by atoms with Crippen LogP contribution in [0.5, 0.6) is 0 Å². The van der Waals surface area contributed by atoms with E-state index >= 15 is 0 Å². The first-order chi connectivity index (χ1) is 9.49. The van der Waals surface area contributed by atoms with E-state index in [-0.39, 0.29) is 43.1 Å². The van der Waals surface area contributed by atoms with E-state index in [0.29, 0.717) is 17.1 Å². The summed E-state index contributed by atoms with van der Waals surface area (Å²) in [7, 11) is 0. The van der Waals surface area contributed by atoms with Crippen molar-refractivity contribution < 1.29 is 9.18 Å². The number of benzene rings is 1. The maximum Gasteiger partial charge on any atom is 0.236 e. The van der Waals surface area contributed by atoms with Crippen LogP contribution >= 0.6 is 24.8 Å². The molecule has 1 atom stereocenters. The number of halogens is 3.